The number of para-hydroxylation sites is 1. The first-order chi connectivity index (χ1) is 9.29. The van der Waals surface area contributed by atoms with Gasteiger partial charge in [-0.1, -0.05) is 12.1 Å². The maximum atomic E-state index is 12.1. The summed E-state index contributed by atoms with van der Waals surface area (Å²) in [5, 5.41) is 2.85. The Balaban J connectivity index is 1.94. The summed E-state index contributed by atoms with van der Waals surface area (Å²) < 4.78 is 0. The van der Waals surface area contributed by atoms with E-state index >= 15 is 0 Å². The molecule has 4 heteroatoms. The molecule has 1 amide bonds. The number of hydrogen-bond acceptors (Lipinski definition) is 3. The zero-order valence-electron chi connectivity index (χ0n) is 10.8. The molecule has 0 saturated heterocycles. The first-order valence-electron chi connectivity index (χ1n) is 6.38. The van der Waals surface area contributed by atoms with Gasteiger partial charge in [-0.25, -0.2) is 0 Å². The average Bonchev–Trinajstić information content (AvgIpc) is 2.99. The molecule has 4 nitrogen and oxygen atoms in total. The molecule has 19 heavy (non-hydrogen) atoms. The van der Waals surface area contributed by atoms with Gasteiger partial charge in [-0.2, -0.15) is 0 Å². The van der Waals surface area contributed by atoms with Crippen molar-refractivity contribution in [3.05, 3.63) is 53.4 Å². The van der Waals surface area contributed by atoms with Crippen LogP contribution in [0.1, 0.15) is 17.3 Å². The highest BCUT2D eigenvalue weighted by Gasteiger charge is 2.23. The summed E-state index contributed by atoms with van der Waals surface area (Å²) in [5.41, 5.74) is 3.97. The third kappa shape index (κ3) is 2.05. The van der Waals surface area contributed by atoms with E-state index in [-0.39, 0.29) is 5.91 Å². The predicted molar refractivity (Wildman–Crippen MR) is 76.5 cm³/mol. The number of amides is 1. The molecule has 1 aromatic rings. The van der Waals surface area contributed by atoms with Crippen molar-refractivity contribution in [2.24, 2.45) is 4.99 Å². The van der Waals surface area contributed by atoms with Gasteiger partial charge in [0.15, 0.2) is 0 Å². The molecule has 1 aromatic carbocycles. The fraction of sp³-hybridized carbons (Fsp3) is 0.200. The third-order valence-electron chi connectivity index (χ3n) is 3.25. The highest BCUT2D eigenvalue weighted by Crippen LogP contribution is 2.30. The lowest BCUT2D eigenvalue weighted by Crippen LogP contribution is -2.25. The van der Waals surface area contributed by atoms with Crippen LogP contribution in [0.2, 0.25) is 0 Å². The van der Waals surface area contributed by atoms with E-state index in [9.17, 15) is 4.79 Å². The van der Waals surface area contributed by atoms with Crippen molar-refractivity contribution in [2.75, 3.05) is 18.0 Å². The van der Waals surface area contributed by atoms with Gasteiger partial charge in [0.1, 0.15) is 0 Å². The Bertz CT molecular complexity index is 614. The van der Waals surface area contributed by atoms with E-state index in [1.54, 1.807) is 0 Å². The van der Waals surface area contributed by atoms with Gasteiger partial charge in [0.25, 0.3) is 5.91 Å². The quantitative estimate of drug-likeness (QED) is 0.896. The van der Waals surface area contributed by atoms with Crippen molar-refractivity contribution in [2.45, 2.75) is 6.92 Å². The molecule has 2 aliphatic rings. The molecule has 0 bridgehead atoms. The molecule has 3 rings (SSSR count). The van der Waals surface area contributed by atoms with E-state index in [1.807, 2.05) is 49.8 Å². The maximum Gasteiger partial charge on any atom is 0.253 e. The van der Waals surface area contributed by atoms with Crippen molar-refractivity contribution in [1.82, 2.24) is 5.32 Å². The Labute approximate surface area is 112 Å². The van der Waals surface area contributed by atoms with Crippen molar-refractivity contribution >= 4 is 17.8 Å². The van der Waals surface area contributed by atoms with E-state index in [0.29, 0.717) is 12.1 Å². The Morgan fingerprint density at radius 1 is 1.42 bits per heavy atom. The van der Waals surface area contributed by atoms with Gasteiger partial charge >= 0.3 is 0 Å². The topological polar surface area (TPSA) is 44.7 Å². The van der Waals surface area contributed by atoms with E-state index in [4.69, 9.17) is 0 Å². The van der Waals surface area contributed by atoms with Crippen LogP contribution in [0.25, 0.3) is 0 Å². The second-order valence-corrected chi connectivity index (χ2v) is 4.52. The molecule has 0 atom stereocenters. The second kappa shape index (κ2) is 4.72. The molecule has 2 aliphatic heterocycles. The summed E-state index contributed by atoms with van der Waals surface area (Å²) in [6, 6.07) is 7.67. The zero-order chi connectivity index (χ0) is 13.2. The maximum absolute atomic E-state index is 12.1. The minimum Gasteiger partial charge on any atom is -0.352 e. The van der Waals surface area contributed by atoms with Crippen LogP contribution in [0.5, 0.6) is 0 Å². The fourth-order valence-electron chi connectivity index (χ4n) is 2.34. The highest BCUT2D eigenvalue weighted by atomic mass is 16.1. The van der Waals surface area contributed by atoms with Crippen LogP contribution in [0, 0.1) is 0 Å². The summed E-state index contributed by atoms with van der Waals surface area (Å²) in [5.74, 6) is -0.0313. The van der Waals surface area contributed by atoms with Gasteiger partial charge in [-0.3, -0.25) is 9.79 Å². The van der Waals surface area contributed by atoms with Crippen LogP contribution < -0.4 is 10.2 Å². The van der Waals surface area contributed by atoms with Crippen LogP contribution in [-0.4, -0.2) is 25.2 Å². The van der Waals surface area contributed by atoms with Crippen molar-refractivity contribution in [1.29, 1.82) is 0 Å². The van der Waals surface area contributed by atoms with Crippen LogP contribution in [-0.2, 0) is 0 Å². The normalized spacial score (nSPS) is 16.2. The first kappa shape index (κ1) is 11.7. The molecule has 0 spiro atoms. The molecular formula is C15H15N3O. The number of aliphatic imine (C=N–C) groups is 1. The van der Waals surface area contributed by atoms with E-state index in [0.717, 1.165) is 17.8 Å². The van der Waals surface area contributed by atoms with Crippen LogP contribution in [0.3, 0.4) is 0 Å². The van der Waals surface area contributed by atoms with Crippen molar-refractivity contribution < 1.29 is 4.79 Å². The lowest BCUT2D eigenvalue weighted by Gasteiger charge is -2.19. The van der Waals surface area contributed by atoms with Gasteiger partial charge < -0.3 is 10.2 Å². The third-order valence-corrected chi connectivity index (χ3v) is 3.25. The monoisotopic (exact) mass is 253 g/mol. The molecule has 1 N–H and O–H groups in total. The Kier molecular flexibility index (Phi) is 2.91. The molecule has 0 saturated carbocycles. The average molecular weight is 253 g/mol. The fourth-order valence-corrected chi connectivity index (χ4v) is 2.34. The van der Waals surface area contributed by atoms with Gasteiger partial charge in [-0.15, -0.1) is 0 Å². The van der Waals surface area contributed by atoms with Crippen LogP contribution in [0.4, 0.5) is 5.69 Å². The van der Waals surface area contributed by atoms with Gasteiger partial charge in [-0.05, 0) is 19.1 Å². The smallest absolute Gasteiger partial charge is 0.253 e. The molecule has 0 radical (unpaired) electrons. The van der Waals surface area contributed by atoms with E-state index in [1.165, 1.54) is 5.57 Å². The number of anilines is 1. The molecule has 2 heterocycles. The van der Waals surface area contributed by atoms with Gasteiger partial charge in [0.05, 0.1) is 11.3 Å². The summed E-state index contributed by atoms with van der Waals surface area (Å²) >= 11 is 0. The highest BCUT2D eigenvalue weighted by molar-refractivity contribution is 6.01. The SMILES string of the molecule is CCNC(=O)c1ccccc1N1C=C2C=NC=C2C1. The molecular weight excluding hydrogens is 238 g/mol. The predicted octanol–water partition coefficient (Wildman–Crippen LogP) is 2.11. The van der Waals surface area contributed by atoms with Crippen LogP contribution >= 0.6 is 0 Å². The first-order valence-corrected chi connectivity index (χ1v) is 6.38. The van der Waals surface area contributed by atoms with Gasteiger partial charge in [0, 0.05) is 42.9 Å². The van der Waals surface area contributed by atoms with E-state index < -0.39 is 0 Å². The minimum absolute atomic E-state index is 0.0313. The largest absolute Gasteiger partial charge is 0.352 e. The minimum atomic E-state index is -0.0313. The lowest BCUT2D eigenvalue weighted by atomic mass is 10.1. The van der Waals surface area contributed by atoms with Crippen molar-refractivity contribution in [3.8, 4) is 0 Å². The number of nitrogens with zero attached hydrogens (tertiary/aromatic N) is 2. The van der Waals surface area contributed by atoms with Crippen LogP contribution in [0.15, 0.2) is 52.8 Å². The molecule has 0 unspecified atom stereocenters. The number of carbonyl (C=O) groups is 1. The molecule has 0 fully saturated rings. The molecule has 96 valence electrons. The second-order valence-electron chi connectivity index (χ2n) is 4.52. The molecule has 0 aliphatic carbocycles. The summed E-state index contributed by atoms with van der Waals surface area (Å²) in [6.07, 6.45) is 5.77. The number of hydrogen-bond donors (Lipinski definition) is 1. The Morgan fingerprint density at radius 2 is 2.26 bits per heavy atom. The Morgan fingerprint density at radius 3 is 3.05 bits per heavy atom. The molecule has 0 aromatic heterocycles. The summed E-state index contributed by atoms with van der Waals surface area (Å²) in [6.45, 7) is 3.32. The number of rotatable bonds is 3. The van der Waals surface area contributed by atoms with Gasteiger partial charge in [0.2, 0.25) is 0 Å². The van der Waals surface area contributed by atoms with E-state index in [2.05, 4.69) is 15.2 Å². The summed E-state index contributed by atoms with van der Waals surface area (Å²) in [4.78, 5) is 18.3. The lowest BCUT2D eigenvalue weighted by molar-refractivity contribution is 0.0956. The summed E-state index contributed by atoms with van der Waals surface area (Å²) in [7, 11) is 0. The number of carbonyl (C=O) groups excluding carboxylic acids is 1. The Hall–Kier alpha value is -2.36. The number of fused-ring (bicyclic) bond motifs is 1. The van der Waals surface area contributed by atoms with Crippen molar-refractivity contribution in [3.63, 3.8) is 0 Å². The zero-order valence-corrected chi connectivity index (χ0v) is 10.8. The standard InChI is InChI=1S/C15H15N3O/c1-2-17-15(19)13-5-3-4-6-14(13)18-9-11-7-16-8-12(11)10-18/h3-9H,2,10H2,1H3,(H,17,19). The number of nitrogens with one attached hydrogen (secondary N) is 1. The number of benzene rings is 1.